The number of nitrogens with one attached hydrogen (secondary N) is 1. The highest BCUT2D eigenvalue weighted by molar-refractivity contribution is 5.95. The van der Waals surface area contributed by atoms with Gasteiger partial charge in [-0.1, -0.05) is 19.4 Å². The van der Waals surface area contributed by atoms with Gasteiger partial charge in [0.25, 0.3) is 0 Å². The van der Waals surface area contributed by atoms with Gasteiger partial charge in [-0.25, -0.2) is 4.79 Å². The van der Waals surface area contributed by atoms with Gasteiger partial charge in [0.05, 0.1) is 11.5 Å². The minimum absolute atomic E-state index is 0.153. The highest BCUT2D eigenvalue weighted by Crippen LogP contribution is 2.18. The van der Waals surface area contributed by atoms with Gasteiger partial charge in [-0.3, -0.25) is 4.79 Å². The van der Waals surface area contributed by atoms with Crippen LogP contribution in [0.25, 0.3) is 0 Å². The number of aromatic carboxylic acids is 1. The van der Waals surface area contributed by atoms with Crippen LogP contribution in [-0.4, -0.2) is 23.5 Å². The molecule has 0 fully saturated rings. The van der Waals surface area contributed by atoms with Crippen LogP contribution in [0.2, 0.25) is 0 Å². The Balaban J connectivity index is 2.89. The van der Waals surface area contributed by atoms with Gasteiger partial charge in [0.15, 0.2) is 0 Å². The molecule has 0 saturated carbocycles. The third-order valence-corrected chi connectivity index (χ3v) is 3.03. The van der Waals surface area contributed by atoms with Gasteiger partial charge in [0.2, 0.25) is 5.91 Å². The number of hydrogen-bond acceptors (Lipinski definition) is 3. The Hall–Kier alpha value is -1.88. The quantitative estimate of drug-likeness (QED) is 0.732. The van der Waals surface area contributed by atoms with Crippen molar-refractivity contribution < 1.29 is 14.7 Å². The van der Waals surface area contributed by atoms with Gasteiger partial charge in [-0.15, -0.1) is 0 Å². The van der Waals surface area contributed by atoms with Crippen molar-refractivity contribution in [3.05, 3.63) is 29.3 Å². The number of nitrogens with two attached hydrogens (primary N) is 1. The second-order valence-electron chi connectivity index (χ2n) is 4.55. The molecule has 1 unspecified atom stereocenters. The fraction of sp³-hybridized carbons (Fsp3) is 0.429. The third kappa shape index (κ3) is 4.06. The summed E-state index contributed by atoms with van der Waals surface area (Å²) in [6, 6.07) is 4.66. The van der Waals surface area contributed by atoms with E-state index < -0.39 is 5.97 Å². The lowest BCUT2D eigenvalue weighted by molar-refractivity contribution is -0.119. The summed E-state index contributed by atoms with van der Waals surface area (Å²) in [6.45, 7) is 4.10. The first-order valence-electron chi connectivity index (χ1n) is 6.34. The summed E-state index contributed by atoms with van der Waals surface area (Å²) in [6.07, 6.45) is 1.60. The molecule has 0 aliphatic carbocycles. The Kier molecular flexibility index (Phi) is 5.51. The molecule has 0 aliphatic heterocycles. The van der Waals surface area contributed by atoms with Crippen molar-refractivity contribution in [2.75, 3.05) is 11.9 Å². The largest absolute Gasteiger partial charge is 0.478 e. The number of carboxylic acids is 1. The lowest BCUT2D eigenvalue weighted by Crippen LogP contribution is -2.29. The Morgan fingerprint density at radius 3 is 2.63 bits per heavy atom. The number of aryl methyl sites for hydroxylation is 1. The average molecular weight is 264 g/mol. The van der Waals surface area contributed by atoms with Crippen molar-refractivity contribution in [2.45, 2.75) is 26.7 Å². The molecule has 1 amide bonds. The van der Waals surface area contributed by atoms with Gasteiger partial charge in [0, 0.05) is 12.2 Å². The van der Waals surface area contributed by atoms with E-state index in [2.05, 4.69) is 5.32 Å². The molecule has 0 spiro atoms. The summed E-state index contributed by atoms with van der Waals surface area (Å²) in [5, 5.41) is 11.7. The van der Waals surface area contributed by atoms with Crippen LogP contribution in [0.4, 0.5) is 5.69 Å². The topological polar surface area (TPSA) is 92.4 Å². The molecule has 1 rings (SSSR count). The molecule has 1 aromatic carbocycles. The van der Waals surface area contributed by atoms with Gasteiger partial charge < -0.3 is 16.2 Å². The molecule has 5 heteroatoms. The SMILES string of the molecule is CCCC(CN)C(=O)Nc1cc(C(=O)O)ccc1C. The molecule has 104 valence electrons. The predicted molar refractivity (Wildman–Crippen MR) is 74.2 cm³/mol. The first-order valence-corrected chi connectivity index (χ1v) is 6.34. The zero-order valence-electron chi connectivity index (χ0n) is 11.3. The fourth-order valence-corrected chi connectivity index (χ4v) is 1.83. The minimum atomic E-state index is -1.01. The zero-order valence-corrected chi connectivity index (χ0v) is 11.3. The standard InChI is InChI=1S/C14H20N2O3/c1-3-4-11(8-15)13(17)16-12-7-10(14(18)19)6-5-9(12)2/h5-7,11H,3-4,8,15H2,1-2H3,(H,16,17)(H,18,19). The lowest BCUT2D eigenvalue weighted by Gasteiger charge is -2.15. The lowest BCUT2D eigenvalue weighted by atomic mass is 10.0. The molecule has 0 radical (unpaired) electrons. The van der Waals surface area contributed by atoms with Crippen molar-refractivity contribution in [3.8, 4) is 0 Å². The number of carbonyl (C=O) groups excluding carboxylic acids is 1. The molecule has 0 aliphatic rings. The second kappa shape index (κ2) is 6.89. The molecule has 1 atom stereocenters. The number of rotatable bonds is 6. The fourth-order valence-electron chi connectivity index (χ4n) is 1.83. The number of anilines is 1. The van der Waals surface area contributed by atoms with Crippen LogP contribution < -0.4 is 11.1 Å². The highest BCUT2D eigenvalue weighted by atomic mass is 16.4. The first kappa shape index (κ1) is 15.2. The normalized spacial score (nSPS) is 11.9. The summed E-state index contributed by atoms with van der Waals surface area (Å²) in [4.78, 5) is 22.9. The van der Waals surface area contributed by atoms with Crippen LogP contribution in [0.3, 0.4) is 0 Å². The Bertz CT molecular complexity index is 472. The Morgan fingerprint density at radius 1 is 1.42 bits per heavy atom. The summed E-state index contributed by atoms with van der Waals surface area (Å²) in [5.41, 5.74) is 7.08. The van der Waals surface area contributed by atoms with Crippen molar-refractivity contribution in [2.24, 2.45) is 11.7 Å². The zero-order chi connectivity index (χ0) is 14.4. The predicted octanol–water partition coefficient (Wildman–Crippen LogP) is 2.01. The Morgan fingerprint density at radius 2 is 2.11 bits per heavy atom. The molecule has 5 nitrogen and oxygen atoms in total. The first-order chi connectivity index (χ1) is 8.99. The van der Waals surface area contributed by atoms with E-state index in [-0.39, 0.29) is 23.9 Å². The van der Waals surface area contributed by atoms with E-state index in [1.54, 1.807) is 6.07 Å². The van der Waals surface area contributed by atoms with E-state index >= 15 is 0 Å². The number of benzene rings is 1. The molecule has 0 heterocycles. The summed E-state index contributed by atoms with van der Waals surface area (Å²) < 4.78 is 0. The van der Waals surface area contributed by atoms with E-state index in [0.717, 1.165) is 18.4 Å². The van der Waals surface area contributed by atoms with E-state index in [0.29, 0.717) is 5.69 Å². The van der Waals surface area contributed by atoms with Crippen LogP contribution in [0.15, 0.2) is 18.2 Å². The number of hydrogen-bond donors (Lipinski definition) is 3. The third-order valence-electron chi connectivity index (χ3n) is 3.03. The van der Waals surface area contributed by atoms with Gasteiger partial charge in [-0.2, -0.15) is 0 Å². The van der Waals surface area contributed by atoms with Crippen molar-refractivity contribution in [1.29, 1.82) is 0 Å². The van der Waals surface area contributed by atoms with Crippen LogP contribution in [0.5, 0.6) is 0 Å². The van der Waals surface area contributed by atoms with Crippen LogP contribution in [0, 0.1) is 12.8 Å². The van der Waals surface area contributed by atoms with E-state index in [4.69, 9.17) is 10.8 Å². The van der Waals surface area contributed by atoms with E-state index in [1.807, 2.05) is 13.8 Å². The molecule has 4 N–H and O–H groups in total. The smallest absolute Gasteiger partial charge is 0.335 e. The Labute approximate surface area is 112 Å². The maximum atomic E-state index is 12.0. The second-order valence-corrected chi connectivity index (χ2v) is 4.55. The summed E-state index contributed by atoms with van der Waals surface area (Å²) in [5.74, 6) is -1.41. The van der Waals surface area contributed by atoms with Gasteiger partial charge in [0.1, 0.15) is 0 Å². The molecular formula is C14H20N2O3. The minimum Gasteiger partial charge on any atom is -0.478 e. The highest BCUT2D eigenvalue weighted by Gasteiger charge is 2.17. The average Bonchev–Trinajstić information content (AvgIpc) is 2.38. The van der Waals surface area contributed by atoms with Gasteiger partial charge in [-0.05, 0) is 31.0 Å². The monoisotopic (exact) mass is 264 g/mol. The molecule has 1 aromatic rings. The summed E-state index contributed by atoms with van der Waals surface area (Å²) >= 11 is 0. The molecular weight excluding hydrogens is 244 g/mol. The number of carbonyl (C=O) groups is 2. The van der Waals surface area contributed by atoms with Crippen LogP contribution >= 0.6 is 0 Å². The van der Waals surface area contributed by atoms with Crippen LogP contribution in [-0.2, 0) is 4.79 Å². The summed E-state index contributed by atoms with van der Waals surface area (Å²) in [7, 11) is 0. The molecule has 0 saturated heterocycles. The maximum absolute atomic E-state index is 12.0. The van der Waals surface area contributed by atoms with Crippen LogP contribution in [0.1, 0.15) is 35.7 Å². The van der Waals surface area contributed by atoms with Gasteiger partial charge >= 0.3 is 5.97 Å². The molecule has 0 aromatic heterocycles. The van der Waals surface area contributed by atoms with E-state index in [1.165, 1.54) is 12.1 Å². The van der Waals surface area contributed by atoms with Crippen molar-refractivity contribution in [3.63, 3.8) is 0 Å². The van der Waals surface area contributed by atoms with Crippen molar-refractivity contribution >= 4 is 17.6 Å². The number of carboxylic acid groups (broad SMARTS) is 1. The molecule has 0 bridgehead atoms. The number of amides is 1. The van der Waals surface area contributed by atoms with E-state index in [9.17, 15) is 9.59 Å². The van der Waals surface area contributed by atoms with Crippen molar-refractivity contribution in [1.82, 2.24) is 0 Å². The maximum Gasteiger partial charge on any atom is 0.335 e. The molecule has 19 heavy (non-hydrogen) atoms.